The molecular formula is C24H27N5O2S. The van der Waals surface area contributed by atoms with E-state index in [-0.39, 0.29) is 17.9 Å². The third-order valence-electron chi connectivity index (χ3n) is 5.83. The molecule has 0 aliphatic carbocycles. The predicted molar refractivity (Wildman–Crippen MR) is 128 cm³/mol. The molecule has 3 aromatic rings. The number of hydrogen-bond acceptors (Lipinski definition) is 5. The summed E-state index contributed by atoms with van der Waals surface area (Å²) in [5, 5.41) is 15.4. The van der Waals surface area contributed by atoms with Gasteiger partial charge >= 0.3 is 6.03 Å². The quantitative estimate of drug-likeness (QED) is 0.578. The van der Waals surface area contributed by atoms with Crippen LogP contribution >= 0.6 is 11.3 Å². The lowest BCUT2D eigenvalue weighted by molar-refractivity contribution is 0.102. The van der Waals surface area contributed by atoms with Crippen molar-refractivity contribution < 1.29 is 9.59 Å². The lowest BCUT2D eigenvalue weighted by Crippen LogP contribution is -2.40. The van der Waals surface area contributed by atoms with Crippen LogP contribution in [-0.4, -0.2) is 40.1 Å². The fourth-order valence-electron chi connectivity index (χ4n) is 3.66. The maximum Gasteiger partial charge on any atom is 0.321 e. The van der Waals surface area contributed by atoms with Gasteiger partial charge in [0.25, 0.3) is 5.91 Å². The Hall–Kier alpha value is -3.26. The molecule has 1 aromatic heterocycles. The zero-order valence-corrected chi connectivity index (χ0v) is 19.3. The smallest absolute Gasteiger partial charge is 0.321 e. The number of likely N-dealkylation sites (tertiary alicyclic amines) is 1. The van der Waals surface area contributed by atoms with Crippen LogP contribution in [0.4, 0.5) is 16.2 Å². The fraction of sp³-hybridized carbons (Fsp3) is 0.333. The molecule has 1 fully saturated rings. The Morgan fingerprint density at radius 2 is 1.59 bits per heavy atom. The van der Waals surface area contributed by atoms with Crippen LogP contribution in [0.15, 0.2) is 42.5 Å². The van der Waals surface area contributed by atoms with Crippen molar-refractivity contribution in [1.29, 1.82) is 0 Å². The number of urea groups is 1. The molecule has 32 heavy (non-hydrogen) atoms. The van der Waals surface area contributed by atoms with Gasteiger partial charge in [-0.05, 0) is 69.0 Å². The van der Waals surface area contributed by atoms with Crippen molar-refractivity contribution in [2.75, 3.05) is 23.7 Å². The van der Waals surface area contributed by atoms with Gasteiger partial charge in [0, 0.05) is 30.4 Å². The SMILES string of the molecule is Cc1ccc(NC(=O)c2nnc(C3CCN(C(=O)Nc4ccc(C)c(C)c4)CC3)s2)cc1. The molecule has 166 valence electrons. The van der Waals surface area contributed by atoms with Crippen molar-refractivity contribution in [1.82, 2.24) is 15.1 Å². The average Bonchev–Trinajstić information content (AvgIpc) is 3.28. The lowest BCUT2D eigenvalue weighted by Gasteiger charge is -2.31. The Morgan fingerprint density at radius 3 is 2.28 bits per heavy atom. The molecule has 0 radical (unpaired) electrons. The normalized spacial score (nSPS) is 14.3. The summed E-state index contributed by atoms with van der Waals surface area (Å²) in [7, 11) is 0. The summed E-state index contributed by atoms with van der Waals surface area (Å²) < 4.78 is 0. The number of nitrogens with zero attached hydrogens (tertiary/aromatic N) is 3. The van der Waals surface area contributed by atoms with Gasteiger partial charge in [-0.25, -0.2) is 4.79 Å². The van der Waals surface area contributed by atoms with Crippen molar-refractivity contribution in [3.8, 4) is 0 Å². The molecule has 7 nitrogen and oxygen atoms in total. The minimum absolute atomic E-state index is 0.0814. The molecule has 3 amide bonds. The van der Waals surface area contributed by atoms with E-state index in [1.807, 2.05) is 61.2 Å². The average molecular weight is 450 g/mol. The molecule has 4 rings (SSSR count). The molecule has 2 N–H and O–H groups in total. The summed E-state index contributed by atoms with van der Waals surface area (Å²) >= 11 is 1.33. The van der Waals surface area contributed by atoms with Crippen LogP contribution < -0.4 is 10.6 Å². The standard InChI is InChI=1S/C24H27N5O2S/c1-15-4-7-19(8-5-15)25-21(30)23-28-27-22(32-23)18-10-12-29(13-11-18)24(31)26-20-9-6-16(2)17(3)14-20/h4-9,14,18H,10-13H2,1-3H3,(H,25,30)(H,26,31). The number of amides is 3. The number of anilines is 2. The molecule has 2 heterocycles. The first-order valence-corrected chi connectivity index (χ1v) is 11.6. The van der Waals surface area contributed by atoms with Gasteiger partial charge in [-0.3, -0.25) is 4.79 Å². The first kappa shape index (κ1) is 22.0. The minimum Gasteiger partial charge on any atom is -0.324 e. The van der Waals surface area contributed by atoms with E-state index in [9.17, 15) is 9.59 Å². The van der Waals surface area contributed by atoms with Crippen LogP contribution in [-0.2, 0) is 0 Å². The second-order valence-electron chi connectivity index (χ2n) is 8.26. The minimum atomic E-state index is -0.247. The Kier molecular flexibility index (Phi) is 6.50. The molecule has 1 aliphatic rings. The predicted octanol–water partition coefficient (Wildman–Crippen LogP) is 5.13. The summed E-state index contributed by atoms with van der Waals surface area (Å²) in [6.07, 6.45) is 1.60. The second kappa shape index (κ2) is 9.48. The Bertz CT molecular complexity index is 1120. The molecule has 0 unspecified atom stereocenters. The van der Waals surface area contributed by atoms with Gasteiger partial charge < -0.3 is 15.5 Å². The highest BCUT2D eigenvalue weighted by Crippen LogP contribution is 2.30. The number of hydrogen-bond donors (Lipinski definition) is 2. The van der Waals surface area contributed by atoms with E-state index in [0.29, 0.717) is 18.1 Å². The van der Waals surface area contributed by atoms with Gasteiger partial charge in [-0.2, -0.15) is 0 Å². The first-order valence-electron chi connectivity index (χ1n) is 10.7. The van der Waals surface area contributed by atoms with Gasteiger partial charge in [0.2, 0.25) is 5.01 Å². The highest BCUT2D eigenvalue weighted by Gasteiger charge is 2.27. The summed E-state index contributed by atoms with van der Waals surface area (Å²) in [6, 6.07) is 13.5. The van der Waals surface area contributed by atoms with Crippen molar-refractivity contribution in [2.45, 2.75) is 39.5 Å². The highest BCUT2D eigenvalue weighted by molar-refractivity contribution is 7.13. The zero-order valence-electron chi connectivity index (χ0n) is 18.5. The van der Waals surface area contributed by atoms with E-state index in [1.54, 1.807) is 0 Å². The van der Waals surface area contributed by atoms with E-state index >= 15 is 0 Å². The van der Waals surface area contributed by atoms with Crippen LogP contribution in [0.25, 0.3) is 0 Å². The van der Waals surface area contributed by atoms with Crippen molar-refractivity contribution >= 4 is 34.6 Å². The number of carbonyl (C=O) groups excluding carboxylic acids is 2. The number of aromatic nitrogens is 2. The van der Waals surface area contributed by atoms with Crippen LogP contribution in [0.1, 0.15) is 50.3 Å². The van der Waals surface area contributed by atoms with Gasteiger partial charge in [0.05, 0.1) is 0 Å². The van der Waals surface area contributed by atoms with Gasteiger partial charge in [0.1, 0.15) is 5.01 Å². The van der Waals surface area contributed by atoms with Gasteiger partial charge in [-0.15, -0.1) is 10.2 Å². The van der Waals surface area contributed by atoms with E-state index < -0.39 is 0 Å². The summed E-state index contributed by atoms with van der Waals surface area (Å²) in [5.74, 6) is -0.0399. The molecule has 2 aromatic carbocycles. The zero-order chi connectivity index (χ0) is 22.7. The topological polar surface area (TPSA) is 87.2 Å². The largest absolute Gasteiger partial charge is 0.324 e. The second-order valence-corrected chi connectivity index (χ2v) is 9.27. The molecule has 0 saturated carbocycles. The van der Waals surface area contributed by atoms with Crippen LogP contribution in [0, 0.1) is 20.8 Å². The van der Waals surface area contributed by atoms with Crippen molar-refractivity contribution in [2.24, 2.45) is 0 Å². The first-order chi connectivity index (χ1) is 15.4. The van der Waals surface area contributed by atoms with Crippen LogP contribution in [0.5, 0.6) is 0 Å². The number of aryl methyl sites for hydroxylation is 3. The number of carbonyl (C=O) groups is 2. The maximum atomic E-state index is 12.6. The highest BCUT2D eigenvalue weighted by atomic mass is 32.1. The third-order valence-corrected chi connectivity index (χ3v) is 6.92. The van der Waals surface area contributed by atoms with Crippen LogP contribution in [0.2, 0.25) is 0 Å². The third kappa shape index (κ3) is 5.13. The summed E-state index contributed by atoms with van der Waals surface area (Å²) in [6.45, 7) is 7.38. The van der Waals surface area contributed by atoms with E-state index in [4.69, 9.17) is 0 Å². The maximum absolute atomic E-state index is 12.6. The Labute approximate surface area is 191 Å². The van der Waals surface area contributed by atoms with E-state index in [1.165, 1.54) is 16.9 Å². The molecule has 0 bridgehead atoms. The molecule has 0 atom stereocenters. The number of nitrogens with one attached hydrogen (secondary N) is 2. The van der Waals surface area contributed by atoms with Crippen molar-refractivity contribution in [3.05, 3.63) is 69.2 Å². The van der Waals surface area contributed by atoms with Crippen molar-refractivity contribution in [3.63, 3.8) is 0 Å². The molecule has 0 spiro atoms. The van der Waals surface area contributed by atoms with E-state index in [2.05, 4.69) is 27.8 Å². The summed E-state index contributed by atoms with van der Waals surface area (Å²) in [5.41, 5.74) is 5.04. The molecule has 1 saturated heterocycles. The number of benzene rings is 2. The van der Waals surface area contributed by atoms with Gasteiger partial charge in [-0.1, -0.05) is 35.1 Å². The number of piperidine rings is 1. The Morgan fingerprint density at radius 1 is 0.906 bits per heavy atom. The number of rotatable bonds is 4. The lowest BCUT2D eigenvalue weighted by atomic mass is 9.98. The van der Waals surface area contributed by atoms with E-state index in [0.717, 1.165) is 40.4 Å². The molecule has 8 heteroatoms. The Balaban J connectivity index is 1.31. The summed E-state index contributed by atoms with van der Waals surface area (Å²) in [4.78, 5) is 27.0. The molecule has 1 aliphatic heterocycles. The monoisotopic (exact) mass is 449 g/mol. The van der Waals surface area contributed by atoms with Crippen LogP contribution in [0.3, 0.4) is 0 Å². The van der Waals surface area contributed by atoms with Gasteiger partial charge in [0.15, 0.2) is 0 Å². The fourth-order valence-corrected chi connectivity index (χ4v) is 4.57. The molecular weight excluding hydrogens is 422 g/mol.